The van der Waals surface area contributed by atoms with Crippen LogP contribution in [0.4, 0.5) is 0 Å². The van der Waals surface area contributed by atoms with Gasteiger partial charge in [-0.3, -0.25) is 14.4 Å². The van der Waals surface area contributed by atoms with Crippen LogP contribution in [0, 0.1) is 5.92 Å². The molecule has 0 spiro atoms. The second-order valence-electron chi connectivity index (χ2n) is 9.65. The van der Waals surface area contributed by atoms with E-state index in [0.29, 0.717) is 32.7 Å². The van der Waals surface area contributed by atoms with Crippen LogP contribution in [0.3, 0.4) is 0 Å². The lowest BCUT2D eigenvalue weighted by atomic mass is 10.0. The molecule has 11 nitrogen and oxygen atoms in total. The Kier molecular flexibility index (Phi) is 6.10. The number of hydrogen-bond donors (Lipinski definition) is 4. The van der Waals surface area contributed by atoms with Crippen molar-refractivity contribution >= 4 is 17.7 Å². The second kappa shape index (κ2) is 8.86. The maximum Gasteiger partial charge on any atom is 0.239 e. The molecule has 4 N–H and O–H groups in total. The normalized spacial score (nSPS) is 41.0. The van der Waals surface area contributed by atoms with Crippen LogP contribution in [-0.2, 0) is 23.9 Å². The van der Waals surface area contributed by atoms with Gasteiger partial charge in [0, 0.05) is 44.7 Å². The van der Waals surface area contributed by atoms with Crippen molar-refractivity contribution in [2.24, 2.45) is 5.92 Å². The predicted octanol–water partition coefficient (Wildman–Crippen LogP) is -2.81. The molecule has 6 bridgehead atoms. The number of nitrogens with zero attached hydrogens (tertiary/aromatic N) is 2. The van der Waals surface area contributed by atoms with Crippen molar-refractivity contribution in [3.8, 4) is 0 Å². The number of morpholine rings is 1. The molecule has 5 aliphatic rings. The van der Waals surface area contributed by atoms with Gasteiger partial charge in [-0.05, 0) is 19.3 Å². The van der Waals surface area contributed by atoms with E-state index in [1.807, 2.05) is 0 Å². The molecule has 0 unspecified atom stereocenters. The summed E-state index contributed by atoms with van der Waals surface area (Å²) in [6.07, 6.45) is -2.33. The second-order valence-corrected chi connectivity index (χ2v) is 9.65. The molecule has 4 saturated heterocycles. The average molecular weight is 453 g/mol. The molecule has 5 fully saturated rings. The Morgan fingerprint density at radius 1 is 1.06 bits per heavy atom. The predicted molar refractivity (Wildman–Crippen MR) is 109 cm³/mol. The van der Waals surface area contributed by atoms with E-state index in [1.165, 1.54) is 0 Å². The number of ether oxygens (including phenoxy) is 2. The van der Waals surface area contributed by atoms with Crippen LogP contribution in [0.1, 0.15) is 25.7 Å². The molecule has 4 heterocycles. The summed E-state index contributed by atoms with van der Waals surface area (Å²) in [5, 5.41) is 27.1. The van der Waals surface area contributed by atoms with E-state index in [2.05, 4.69) is 10.6 Å². The number of hydrogen-bond acceptors (Lipinski definition) is 8. The SMILES string of the molecule is O=C1C[C@@H]2O[C@H](CN(C(=O)C3CC3)C[C@@H]3CN(CCO3)C(=O)[C@@H]3C[C@@H](CN3)N1)[C@@H](O)[C@H]2O. The van der Waals surface area contributed by atoms with Gasteiger partial charge in [-0.2, -0.15) is 0 Å². The molecule has 11 heteroatoms. The van der Waals surface area contributed by atoms with E-state index in [1.54, 1.807) is 9.80 Å². The summed E-state index contributed by atoms with van der Waals surface area (Å²) in [6, 6.07) is -0.567. The summed E-state index contributed by atoms with van der Waals surface area (Å²) in [5.41, 5.74) is 0. The molecule has 3 amide bonds. The first-order valence-corrected chi connectivity index (χ1v) is 11.6. The van der Waals surface area contributed by atoms with Gasteiger partial charge >= 0.3 is 0 Å². The van der Waals surface area contributed by atoms with Gasteiger partial charge in [-0.15, -0.1) is 0 Å². The van der Waals surface area contributed by atoms with Crippen molar-refractivity contribution in [3.05, 3.63) is 0 Å². The van der Waals surface area contributed by atoms with Gasteiger partial charge in [0.25, 0.3) is 0 Å². The molecular weight excluding hydrogens is 420 g/mol. The summed E-state index contributed by atoms with van der Waals surface area (Å²) in [4.78, 5) is 42.0. The van der Waals surface area contributed by atoms with Crippen LogP contribution in [0.2, 0.25) is 0 Å². The van der Waals surface area contributed by atoms with Gasteiger partial charge < -0.3 is 40.1 Å². The molecule has 0 aromatic carbocycles. The maximum atomic E-state index is 13.1. The molecule has 1 aliphatic carbocycles. The van der Waals surface area contributed by atoms with Gasteiger partial charge in [0.15, 0.2) is 0 Å². The molecule has 1 saturated carbocycles. The number of amides is 3. The molecule has 0 radical (unpaired) electrons. The summed E-state index contributed by atoms with van der Waals surface area (Å²) >= 11 is 0. The monoisotopic (exact) mass is 452 g/mol. The Hall–Kier alpha value is -1.79. The summed E-state index contributed by atoms with van der Waals surface area (Å²) in [7, 11) is 0. The Balaban J connectivity index is 1.38. The smallest absolute Gasteiger partial charge is 0.239 e. The zero-order valence-corrected chi connectivity index (χ0v) is 18.0. The highest BCUT2D eigenvalue weighted by atomic mass is 16.5. The Labute approximate surface area is 186 Å². The number of carbonyl (C=O) groups is 3. The van der Waals surface area contributed by atoms with Crippen molar-refractivity contribution < 1.29 is 34.1 Å². The minimum Gasteiger partial charge on any atom is -0.388 e. The quantitative estimate of drug-likeness (QED) is 0.334. The first-order valence-electron chi connectivity index (χ1n) is 11.6. The lowest BCUT2D eigenvalue weighted by Crippen LogP contribution is -2.55. The maximum absolute atomic E-state index is 13.1. The first-order chi connectivity index (χ1) is 15.4. The van der Waals surface area contributed by atoms with E-state index in [4.69, 9.17) is 9.47 Å². The van der Waals surface area contributed by atoms with E-state index in [0.717, 1.165) is 12.8 Å². The minimum absolute atomic E-state index is 0.0172. The van der Waals surface area contributed by atoms with Gasteiger partial charge in [0.2, 0.25) is 17.7 Å². The Bertz CT molecular complexity index is 762. The number of aliphatic hydroxyl groups is 2. The highest BCUT2D eigenvalue weighted by Gasteiger charge is 2.46. The Morgan fingerprint density at radius 3 is 2.62 bits per heavy atom. The van der Waals surface area contributed by atoms with Crippen LogP contribution in [0.15, 0.2) is 0 Å². The number of fused-ring (bicyclic) bond motifs is 6. The van der Waals surface area contributed by atoms with Gasteiger partial charge in [-0.1, -0.05) is 0 Å². The molecule has 32 heavy (non-hydrogen) atoms. The van der Waals surface area contributed by atoms with Crippen LogP contribution >= 0.6 is 0 Å². The molecule has 7 atom stereocenters. The van der Waals surface area contributed by atoms with E-state index in [9.17, 15) is 24.6 Å². The zero-order chi connectivity index (χ0) is 22.4. The number of nitrogens with one attached hydrogen (secondary N) is 2. The fraction of sp³-hybridized carbons (Fsp3) is 0.857. The molecule has 5 rings (SSSR count). The topological polar surface area (TPSA) is 141 Å². The van der Waals surface area contributed by atoms with Crippen LogP contribution in [-0.4, -0.2) is 120 Å². The minimum atomic E-state index is -1.21. The Morgan fingerprint density at radius 2 is 1.84 bits per heavy atom. The van der Waals surface area contributed by atoms with E-state index < -0.39 is 24.4 Å². The fourth-order valence-corrected chi connectivity index (χ4v) is 5.20. The summed E-state index contributed by atoms with van der Waals surface area (Å²) in [6.45, 7) is 2.12. The lowest BCUT2D eigenvalue weighted by Gasteiger charge is -2.37. The summed E-state index contributed by atoms with van der Waals surface area (Å²) < 4.78 is 11.7. The third kappa shape index (κ3) is 4.49. The summed E-state index contributed by atoms with van der Waals surface area (Å²) in [5.74, 6) is -0.376. The molecule has 178 valence electrons. The third-order valence-corrected chi connectivity index (χ3v) is 7.16. The lowest BCUT2D eigenvalue weighted by molar-refractivity contribution is -0.146. The van der Waals surface area contributed by atoms with Crippen LogP contribution in [0.25, 0.3) is 0 Å². The zero-order valence-electron chi connectivity index (χ0n) is 18.0. The average Bonchev–Trinajstić information content (AvgIpc) is 3.48. The molecular formula is C21H32N4O7. The van der Waals surface area contributed by atoms with Crippen LogP contribution in [0.5, 0.6) is 0 Å². The number of rotatable bonds is 1. The van der Waals surface area contributed by atoms with Crippen LogP contribution < -0.4 is 10.6 Å². The van der Waals surface area contributed by atoms with Crippen molar-refractivity contribution in [2.45, 2.75) is 68.3 Å². The van der Waals surface area contributed by atoms with Gasteiger partial charge in [0.1, 0.15) is 18.3 Å². The third-order valence-electron chi connectivity index (χ3n) is 7.16. The van der Waals surface area contributed by atoms with Crippen molar-refractivity contribution in [2.75, 3.05) is 39.3 Å². The molecule has 0 aromatic heterocycles. The highest BCUT2D eigenvalue weighted by Crippen LogP contribution is 2.32. The first kappa shape index (κ1) is 22.0. The van der Waals surface area contributed by atoms with Crippen molar-refractivity contribution in [3.63, 3.8) is 0 Å². The molecule has 0 aromatic rings. The van der Waals surface area contributed by atoms with E-state index >= 15 is 0 Å². The van der Waals surface area contributed by atoms with E-state index in [-0.39, 0.29) is 61.3 Å². The largest absolute Gasteiger partial charge is 0.388 e. The fourth-order valence-electron chi connectivity index (χ4n) is 5.20. The highest BCUT2D eigenvalue weighted by molar-refractivity contribution is 5.83. The van der Waals surface area contributed by atoms with Gasteiger partial charge in [-0.25, -0.2) is 0 Å². The standard InChI is InChI=1S/C21H32N4O7/c26-17-6-15-18(27)19(28)16(32-15)10-25(20(29)11-1-2-11)9-13-8-24(3-4-31-13)21(30)14-5-12(23-17)7-22-14/h11-16,18-19,22,27-28H,1-10H2,(H,23,26)/t12-,13-,14-,15-,16+,18-,19+/m0/s1. The number of carbonyl (C=O) groups excluding carboxylic acids is 3. The van der Waals surface area contributed by atoms with Crippen molar-refractivity contribution in [1.29, 1.82) is 0 Å². The van der Waals surface area contributed by atoms with Crippen molar-refractivity contribution in [1.82, 2.24) is 20.4 Å². The number of aliphatic hydroxyl groups excluding tert-OH is 2. The molecule has 4 aliphatic heterocycles. The van der Waals surface area contributed by atoms with Gasteiger partial charge in [0.05, 0.1) is 31.3 Å².